The number of amides is 1. The highest BCUT2D eigenvalue weighted by Gasteiger charge is 2.27. The number of rotatable bonds is 3. The number of carbonyl (C=O) groups is 1. The normalized spacial score (nSPS) is 17.1. The summed E-state index contributed by atoms with van der Waals surface area (Å²) in [6.45, 7) is 3.18. The summed E-state index contributed by atoms with van der Waals surface area (Å²) in [7, 11) is 0. The first-order valence-corrected chi connectivity index (χ1v) is 9.05. The molecule has 7 heteroatoms. The van der Waals surface area contributed by atoms with E-state index in [-0.39, 0.29) is 12.0 Å². The Morgan fingerprint density at radius 3 is 2.81 bits per heavy atom. The highest BCUT2D eigenvalue weighted by molar-refractivity contribution is 6.31. The SMILES string of the molecule is Cc1nnc(-c2cccc(C(=O)N3CCOC(c4ccccc4Cl)C3)c2)o1. The van der Waals surface area contributed by atoms with Crippen molar-refractivity contribution in [2.24, 2.45) is 0 Å². The zero-order valence-electron chi connectivity index (χ0n) is 14.8. The van der Waals surface area contributed by atoms with Crippen molar-refractivity contribution < 1.29 is 13.9 Å². The van der Waals surface area contributed by atoms with Gasteiger partial charge in [0.2, 0.25) is 11.8 Å². The van der Waals surface area contributed by atoms with Crippen LogP contribution in [0.3, 0.4) is 0 Å². The minimum atomic E-state index is -0.238. The summed E-state index contributed by atoms with van der Waals surface area (Å²) in [5, 5.41) is 8.50. The van der Waals surface area contributed by atoms with E-state index < -0.39 is 0 Å². The fourth-order valence-electron chi connectivity index (χ4n) is 3.14. The molecule has 3 aromatic rings. The van der Waals surface area contributed by atoms with Gasteiger partial charge in [-0.1, -0.05) is 35.9 Å². The van der Waals surface area contributed by atoms with Crippen molar-refractivity contribution in [3.8, 4) is 11.5 Å². The number of morpholine rings is 1. The van der Waals surface area contributed by atoms with Crippen molar-refractivity contribution in [1.82, 2.24) is 15.1 Å². The van der Waals surface area contributed by atoms with Crippen LogP contribution in [0.15, 0.2) is 52.9 Å². The van der Waals surface area contributed by atoms with E-state index in [1.165, 1.54) is 0 Å². The molecule has 1 unspecified atom stereocenters. The van der Waals surface area contributed by atoms with Crippen LogP contribution in [0.25, 0.3) is 11.5 Å². The molecule has 1 aromatic heterocycles. The molecule has 0 saturated carbocycles. The van der Waals surface area contributed by atoms with Crippen molar-refractivity contribution >= 4 is 17.5 Å². The molecule has 1 aliphatic rings. The van der Waals surface area contributed by atoms with E-state index in [9.17, 15) is 4.79 Å². The number of aromatic nitrogens is 2. The monoisotopic (exact) mass is 383 g/mol. The van der Waals surface area contributed by atoms with Crippen LogP contribution in [-0.2, 0) is 4.74 Å². The Hall–Kier alpha value is -2.70. The number of carbonyl (C=O) groups excluding carboxylic acids is 1. The standard InChI is InChI=1S/C20H18ClN3O3/c1-13-22-23-19(27-13)14-5-4-6-15(11-14)20(25)24-9-10-26-18(12-24)16-7-2-3-8-17(16)21/h2-8,11,18H,9-10,12H2,1H3. The lowest BCUT2D eigenvalue weighted by Gasteiger charge is -2.33. The smallest absolute Gasteiger partial charge is 0.254 e. The minimum absolute atomic E-state index is 0.0616. The zero-order valence-corrected chi connectivity index (χ0v) is 15.5. The van der Waals surface area contributed by atoms with Crippen LogP contribution in [0.5, 0.6) is 0 Å². The van der Waals surface area contributed by atoms with Crippen LogP contribution >= 0.6 is 11.6 Å². The molecule has 1 atom stereocenters. The molecule has 4 rings (SSSR count). The molecule has 0 bridgehead atoms. The van der Waals surface area contributed by atoms with E-state index in [2.05, 4.69) is 10.2 Å². The molecule has 1 amide bonds. The van der Waals surface area contributed by atoms with Gasteiger partial charge in [-0.2, -0.15) is 0 Å². The van der Waals surface area contributed by atoms with Crippen molar-refractivity contribution in [2.45, 2.75) is 13.0 Å². The van der Waals surface area contributed by atoms with Gasteiger partial charge in [-0.3, -0.25) is 4.79 Å². The van der Waals surface area contributed by atoms with Crippen molar-refractivity contribution in [3.63, 3.8) is 0 Å². The van der Waals surface area contributed by atoms with Gasteiger partial charge in [-0.25, -0.2) is 0 Å². The highest BCUT2D eigenvalue weighted by atomic mass is 35.5. The van der Waals surface area contributed by atoms with Gasteiger partial charge in [0.15, 0.2) is 0 Å². The van der Waals surface area contributed by atoms with Crippen LogP contribution < -0.4 is 0 Å². The first kappa shape index (κ1) is 17.7. The molecular weight excluding hydrogens is 366 g/mol. The molecule has 1 fully saturated rings. The van der Waals surface area contributed by atoms with Crippen molar-refractivity contribution in [2.75, 3.05) is 19.7 Å². The third-order valence-electron chi connectivity index (χ3n) is 4.49. The fourth-order valence-corrected chi connectivity index (χ4v) is 3.40. The second kappa shape index (κ2) is 7.50. The van der Waals surface area contributed by atoms with Crippen molar-refractivity contribution in [1.29, 1.82) is 0 Å². The Morgan fingerprint density at radius 2 is 2.04 bits per heavy atom. The Balaban J connectivity index is 1.55. The lowest BCUT2D eigenvalue weighted by atomic mass is 10.1. The number of nitrogens with zero attached hydrogens (tertiary/aromatic N) is 3. The quantitative estimate of drug-likeness (QED) is 0.685. The Bertz CT molecular complexity index is 972. The van der Waals surface area contributed by atoms with Crippen LogP contribution in [0.1, 0.15) is 27.9 Å². The molecule has 2 aromatic carbocycles. The fraction of sp³-hybridized carbons (Fsp3) is 0.250. The van der Waals surface area contributed by atoms with E-state index in [0.717, 1.165) is 11.1 Å². The van der Waals surface area contributed by atoms with E-state index in [4.69, 9.17) is 20.8 Å². The average molecular weight is 384 g/mol. The number of hydrogen-bond donors (Lipinski definition) is 0. The average Bonchev–Trinajstić information content (AvgIpc) is 3.14. The summed E-state index contributed by atoms with van der Waals surface area (Å²) in [4.78, 5) is 14.8. The topological polar surface area (TPSA) is 68.5 Å². The minimum Gasteiger partial charge on any atom is -0.421 e. The predicted molar refractivity (Wildman–Crippen MR) is 101 cm³/mol. The van der Waals surface area contributed by atoms with Gasteiger partial charge in [0, 0.05) is 35.2 Å². The second-order valence-electron chi connectivity index (χ2n) is 6.34. The zero-order chi connectivity index (χ0) is 18.8. The van der Waals surface area contributed by atoms with Crippen molar-refractivity contribution in [3.05, 3.63) is 70.6 Å². The summed E-state index contributed by atoms with van der Waals surface area (Å²) in [6, 6.07) is 14.8. The number of aryl methyl sites for hydroxylation is 1. The van der Waals surface area contributed by atoms with Gasteiger partial charge in [0.25, 0.3) is 5.91 Å². The van der Waals surface area contributed by atoms with Gasteiger partial charge in [-0.05, 0) is 24.3 Å². The van der Waals surface area contributed by atoms with Gasteiger partial charge in [0.05, 0.1) is 13.2 Å². The Labute approximate surface area is 161 Å². The lowest BCUT2D eigenvalue weighted by molar-refractivity contribution is -0.0227. The van der Waals surface area contributed by atoms with Crippen LogP contribution in [0.2, 0.25) is 5.02 Å². The summed E-state index contributed by atoms with van der Waals surface area (Å²) < 4.78 is 11.3. The van der Waals surface area contributed by atoms with Crippen LogP contribution in [0, 0.1) is 6.92 Å². The predicted octanol–water partition coefficient (Wildman–Crippen LogP) is 3.91. The summed E-state index contributed by atoms with van der Waals surface area (Å²) >= 11 is 6.29. The molecule has 2 heterocycles. The molecule has 0 spiro atoms. The van der Waals surface area contributed by atoms with Crippen LogP contribution in [-0.4, -0.2) is 40.7 Å². The summed E-state index contributed by atoms with van der Waals surface area (Å²) in [6.07, 6.45) is -0.238. The van der Waals surface area contributed by atoms with Gasteiger partial charge < -0.3 is 14.1 Å². The summed E-state index contributed by atoms with van der Waals surface area (Å²) in [5.41, 5.74) is 2.19. The Morgan fingerprint density at radius 1 is 1.19 bits per heavy atom. The number of halogens is 1. The maximum atomic E-state index is 13.0. The second-order valence-corrected chi connectivity index (χ2v) is 6.75. The number of benzene rings is 2. The molecule has 1 aliphatic heterocycles. The molecule has 0 aliphatic carbocycles. The van der Waals surface area contributed by atoms with Gasteiger partial charge in [0.1, 0.15) is 6.10 Å². The largest absolute Gasteiger partial charge is 0.421 e. The first-order valence-electron chi connectivity index (χ1n) is 8.67. The van der Waals surface area contributed by atoms with E-state index >= 15 is 0 Å². The third-order valence-corrected chi connectivity index (χ3v) is 4.83. The maximum Gasteiger partial charge on any atom is 0.254 e. The van der Waals surface area contributed by atoms with Crippen LogP contribution in [0.4, 0.5) is 0 Å². The molecule has 0 radical (unpaired) electrons. The molecular formula is C20H18ClN3O3. The highest BCUT2D eigenvalue weighted by Crippen LogP contribution is 2.29. The van der Waals surface area contributed by atoms with Gasteiger partial charge >= 0.3 is 0 Å². The third kappa shape index (κ3) is 3.72. The van der Waals surface area contributed by atoms with Gasteiger partial charge in [-0.15, -0.1) is 10.2 Å². The molecule has 27 heavy (non-hydrogen) atoms. The molecule has 1 saturated heterocycles. The maximum absolute atomic E-state index is 13.0. The molecule has 6 nitrogen and oxygen atoms in total. The van der Waals surface area contributed by atoms with E-state index in [1.807, 2.05) is 36.4 Å². The molecule has 0 N–H and O–H groups in total. The van der Waals surface area contributed by atoms with E-state index in [0.29, 0.717) is 42.1 Å². The lowest BCUT2D eigenvalue weighted by Crippen LogP contribution is -2.42. The number of hydrogen-bond acceptors (Lipinski definition) is 5. The summed E-state index contributed by atoms with van der Waals surface area (Å²) in [5.74, 6) is 0.823. The van der Waals surface area contributed by atoms with E-state index in [1.54, 1.807) is 24.0 Å². The number of ether oxygens (including phenoxy) is 1. The first-order chi connectivity index (χ1) is 13.1. The Kier molecular flexibility index (Phi) is 4.92. The molecule has 138 valence electrons.